The van der Waals surface area contributed by atoms with E-state index in [2.05, 4.69) is 16.9 Å². The molecule has 0 aliphatic carbocycles. The number of fused-ring (bicyclic) bond motifs is 1. The molecule has 0 spiro atoms. The van der Waals surface area contributed by atoms with Gasteiger partial charge in [0.15, 0.2) is 0 Å². The number of aromatic nitrogens is 3. The van der Waals surface area contributed by atoms with Gasteiger partial charge in [0.2, 0.25) is 0 Å². The van der Waals surface area contributed by atoms with Crippen LogP contribution in [0, 0.1) is 6.92 Å². The molecule has 0 radical (unpaired) electrons. The summed E-state index contributed by atoms with van der Waals surface area (Å²) in [6.45, 7) is 3.94. The summed E-state index contributed by atoms with van der Waals surface area (Å²) in [6.07, 6.45) is 3.55. The summed E-state index contributed by atoms with van der Waals surface area (Å²) in [5.74, 6) is -0.172. The van der Waals surface area contributed by atoms with E-state index in [1.807, 2.05) is 35.9 Å². The molecule has 2 heterocycles. The van der Waals surface area contributed by atoms with Gasteiger partial charge in [0.05, 0.1) is 17.1 Å². The highest BCUT2D eigenvalue weighted by molar-refractivity contribution is 6.01. The van der Waals surface area contributed by atoms with E-state index >= 15 is 0 Å². The first kappa shape index (κ1) is 13.3. The van der Waals surface area contributed by atoms with Crippen molar-refractivity contribution in [1.29, 1.82) is 0 Å². The van der Waals surface area contributed by atoms with Gasteiger partial charge in [-0.15, -0.1) is 0 Å². The fraction of sp³-hybridized carbons (Fsp3) is 0.188. The summed E-state index contributed by atoms with van der Waals surface area (Å²) in [4.78, 5) is 19.9. The molecule has 106 valence electrons. The molecular formula is C16H15N3O2. The number of aryl methyl sites for hydroxylation is 1. The van der Waals surface area contributed by atoms with Crippen LogP contribution in [0.1, 0.15) is 34.7 Å². The highest BCUT2D eigenvalue weighted by Crippen LogP contribution is 2.27. The van der Waals surface area contributed by atoms with E-state index in [0.717, 1.165) is 16.9 Å². The topological polar surface area (TPSA) is 68.0 Å². The number of benzene rings is 1. The Bertz CT molecular complexity index is 809. The fourth-order valence-electron chi connectivity index (χ4n) is 2.67. The van der Waals surface area contributed by atoms with E-state index in [1.165, 1.54) is 0 Å². The van der Waals surface area contributed by atoms with E-state index in [1.54, 1.807) is 18.3 Å². The standard InChI is InChI=1S/C16H15N3O2/c1-10(12-5-4-8-17-9-12)19-11(2)18-15-13(16(20)21)6-3-7-14(15)19/h3-10H,1-2H3,(H,20,21). The first-order chi connectivity index (χ1) is 10.1. The van der Waals surface area contributed by atoms with Crippen molar-refractivity contribution in [1.82, 2.24) is 14.5 Å². The Kier molecular flexibility index (Phi) is 3.17. The maximum Gasteiger partial charge on any atom is 0.337 e. The van der Waals surface area contributed by atoms with Gasteiger partial charge < -0.3 is 9.67 Å². The van der Waals surface area contributed by atoms with E-state index in [9.17, 15) is 9.90 Å². The number of aromatic carboxylic acids is 1. The Balaban J connectivity index is 2.22. The number of hydrogen-bond donors (Lipinski definition) is 1. The lowest BCUT2D eigenvalue weighted by molar-refractivity contribution is 0.0699. The largest absolute Gasteiger partial charge is 0.478 e. The van der Waals surface area contributed by atoms with Gasteiger partial charge in [-0.1, -0.05) is 12.1 Å². The van der Waals surface area contributed by atoms with Crippen LogP contribution < -0.4 is 0 Å². The Labute approximate surface area is 121 Å². The molecule has 1 unspecified atom stereocenters. The molecule has 1 aromatic carbocycles. The molecule has 0 amide bonds. The number of hydrogen-bond acceptors (Lipinski definition) is 3. The Morgan fingerprint density at radius 3 is 2.76 bits per heavy atom. The molecule has 0 saturated carbocycles. The molecule has 5 heteroatoms. The van der Waals surface area contributed by atoms with Gasteiger partial charge in [0.25, 0.3) is 0 Å². The first-order valence-corrected chi connectivity index (χ1v) is 6.70. The zero-order chi connectivity index (χ0) is 15.0. The van der Waals surface area contributed by atoms with Gasteiger partial charge >= 0.3 is 5.97 Å². The Hall–Kier alpha value is -2.69. The van der Waals surface area contributed by atoms with E-state index in [-0.39, 0.29) is 11.6 Å². The molecule has 21 heavy (non-hydrogen) atoms. The number of pyridine rings is 1. The SMILES string of the molecule is Cc1nc2c(C(=O)O)cccc2n1C(C)c1cccnc1. The lowest BCUT2D eigenvalue weighted by Gasteiger charge is -2.16. The third-order valence-corrected chi connectivity index (χ3v) is 3.68. The van der Waals surface area contributed by atoms with Crippen LogP contribution in [0.25, 0.3) is 11.0 Å². The summed E-state index contributed by atoms with van der Waals surface area (Å²) in [6, 6.07) is 9.16. The number of carboxylic acid groups (broad SMARTS) is 1. The number of carbonyl (C=O) groups is 1. The van der Waals surface area contributed by atoms with Crippen LogP contribution in [0.2, 0.25) is 0 Å². The second-order valence-corrected chi connectivity index (χ2v) is 4.97. The zero-order valence-corrected chi connectivity index (χ0v) is 11.8. The third-order valence-electron chi connectivity index (χ3n) is 3.68. The predicted molar refractivity (Wildman–Crippen MR) is 79.5 cm³/mol. The number of para-hydroxylation sites is 1. The van der Waals surface area contributed by atoms with Crippen molar-refractivity contribution in [3.63, 3.8) is 0 Å². The predicted octanol–water partition coefficient (Wildman–Crippen LogP) is 3.05. The van der Waals surface area contributed by atoms with Gasteiger partial charge in [-0.05, 0) is 37.6 Å². The van der Waals surface area contributed by atoms with Crippen LogP contribution in [-0.2, 0) is 0 Å². The van der Waals surface area contributed by atoms with Crippen molar-refractivity contribution in [2.45, 2.75) is 19.9 Å². The van der Waals surface area contributed by atoms with Gasteiger partial charge in [0.1, 0.15) is 11.3 Å². The number of nitrogens with zero attached hydrogens (tertiary/aromatic N) is 3. The molecular weight excluding hydrogens is 266 g/mol. The maximum absolute atomic E-state index is 11.3. The minimum absolute atomic E-state index is 0.0349. The van der Waals surface area contributed by atoms with Crippen molar-refractivity contribution >= 4 is 17.0 Å². The number of imidazole rings is 1. The summed E-state index contributed by atoms with van der Waals surface area (Å²) in [5.41, 5.74) is 2.63. The average Bonchev–Trinajstić information content (AvgIpc) is 2.82. The molecule has 1 atom stereocenters. The van der Waals surface area contributed by atoms with Crippen LogP contribution in [0.4, 0.5) is 0 Å². The lowest BCUT2D eigenvalue weighted by Crippen LogP contribution is -2.08. The normalized spacial score (nSPS) is 12.5. The fourth-order valence-corrected chi connectivity index (χ4v) is 2.67. The lowest BCUT2D eigenvalue weighted by atomic mass is 10.1. The highest BCUT2D eigenvalue weighted by atomic mass is 16.4. The maximum atomic E-state index is 11.3. The van der Waals surface area contributed by atoms with Crippen LogP contribution in [0.5, 0.6) is 0 Å². The Morgan fingerprint density at radius 1 is 1.29 bits per heavy atom. The zero-order valence-electron chi connectivity index (χ0n) is 11.8. The number of carboxylic acids is 1. The van der Waals surface area contributed by atoms with Crippen molar-refractivity contribution in [3.8, 4) is 0 Å². The summed E-state index contributed by atoms with van der Waals surface area (Å²) < 4.78 is 2.04. The molecule has 0 saturated heterocycles. The molecule has 0 fully saturated rings. The van der Waals surface area contributed by atoms with Gasteiger partial charge in [0, 0.05) is 12.4 Å². The quantitative estimate of drug-likeness (QED) is 0.801. The third kappa shape index (κ3) is 2.16. The van der Waals surface area contributed by atoms with E-state index in [0.29, 0.717) is 5.52 Å². The van der Waals surface area contributed by atoms with Crippen LogP contribution in [-0.4, -0.2) is 25.6 Å². The minimum atomic E-state index is -0.959. The summed E-state index contributed by atoms with van der Waals surface area (Å²) >= 11 is 0. The molecule has 3 aromatic rings. The molecule has 0 aliphatic heterocycles. The second kappa shape index (κ2) is 5.01. The van der Waals surface area contributed by atoms with Crippen molar-refractivity contribution in [2.24, 2.45) is 0 Å². The molecule has 0 aliphatic rings. The van der Waals surface area contributed by atoms with Crippen LogP contribution in [0.3, 0.4) is 0 Å². The summed E-state index contributed by atoms with van der Waals surface area (Å²) in [5, 5.41) is 9.28. The molecule has 3 rings (SSSR count). The Morgan fingerprint density at radius 2 is 2.10 bits per heavy atom. The van der Waals surface area contributed by atoms with Crippen molar-refractivity contribution < 1.29 is 9.90 Å². The van der Waals surface area contributed by atoms with Gasteiger partial charge in [-0.2, -0.15) is 0 Å². The van der Waals surface area contributed by atoms with Crippen LogP contribution >= 0.6 is 0 Å². The van der Waals surface area contributed by atoms with Crippen molar-refractivity contribution in [3.05, 3.63) is 59.7 Å². The van der Waals surface area contributed by atoms with Crippen molar-refractivity contribution in [2.75, 3.05) is 0 Å². The summed E-state index contributed by atoms with van der Waals surface area (Å²) in [7, 11) is 0. The number of rotatable bonds is 3. The highest BCUT2D eigenvalue weighted by Gasteiger charge is 2.18. The molecule has 1 N–H and O–H groups in total. The monoisotopic (exact) mass is 281 g/mol. The van der Waals surface area contributed by atoms with Gasteiger partial charge in [-0.25, -0.2) is 9.78 Å². The smallest absolute Gasteiger partial charge is 0.337 e. The second-order valence-electron chi connectivity index (χ2n) is 4.97. The molecule has 2 aromatic heterocycles. The van der Waals surface area contributed by atoms with E-state index in [4.69, 9.17) is 0 Å². The van der Waals surface area contributed by atoms with Gasteiger partial charge in [-0.3, -0.25) is 4.98 Å². The molecule has 5 nitrogen and oxygen atoms in total. The first-order valence-electron chi connectivity index (χ1n) is 6.70. The van der Waals surface area contributed by atoms with E-state index < -0.39 is 5.97 Å². The average molecular weight is 281 g/mol. The molecule has 0 bridgehead atoms. The minimum Gasteiger partial charge on any atom is -0.478 e. The van der Waals surface area contributed by atoms with Crippen LogP contribution in [0.15, 0.2) is 42.7 Å².